The number of carbonyl (C=O) groups is 1. The molecule has 0 amide bonds. The van der Waals surface area contributed by atoms with Crippen LogP contribution in [-0.2, 0) is 6.61 Å². The quantitative estimate of drug-likeness (QED) is 0.622. The zero-order valence-corrected chi connectivity index (χ0v) is 11.4. The van der Waals surface area contributed by atoms with Gasteiger partial charge < -0.3 is 4.74 Å². The lowest BCUT2D eigenvalue weighted by Crippen LogP contribution is -2.05. The summed E-state index contributed by atoms with van der Waals surface area (Å²) in [6.45, 7) is 2.09. The molecule has 2 aromatic rings. The molecule has 2 nitrogen and oxygen atoms in total. The third kappa shape index (κ3) is 3.18. The highest BCUT2D eigenvalue weighted by molar-refractivity contribution is 7.27. The van der Waals surface area contributed by atoms with E-state index in [4.69, 9.17) is 4.74 Å². The zero-order chi connectivity index (χ0) is 13.0. The summed E-state index contributed by atoms with van der Waals surface area (Å²) >= 11 is 0. The molecule has 0 aromatic heterocycles. The molecule has 1 atom stereocenters. The molecule has 0 aliphatic rings. The molecule has 18 heavy (non-hydrogen) atoms. The number of hydrogen-bond donors (Lipinski definition) is 0. The molecule has 0 heterocycles. The molecule has 0 spiro atoms. The van der Waals surface area contributed by atoms with Gasteiger partial charge in [-0.1, -0.05) is 30.3 Å². The first-order valence-corrected chi connectivity index (χ1v) is 6.32. The highest BCUT2D eigenvalue weighted by Gasteiger charge is 2.04. The van der Waals surface area contributed by atoms with Gasteiger partial charge in [0.25, 0.3) is 0 Å². The number of ether oxygens (including phenoxy) is 1. The first kappa shape index (κ1) is 12.8. The van der Waals surface area contributed by atoms with Gasteiger partial charge in [0.2, 0.25) is 0 Å². The summed E-state index contributed by atoms with van der Waals surface area (Å²) in [4.78, 5) is 11.2. The fraction of sp³-hybridized carbons (Fsp3) is 0.133. The summed E-state index contributed by atoms with van der Waals surface area (Å²) in [7, 11) is 2.60. The maximum absolute atomic E-state index is 11.2. The molecule has 92 valence electrons. The monoisotopic (exact) mass is 258 g/mol. The summed E-state index contributed by atoms with van der Waals surface area (Å²) in [5.41, 5.74) is 1.82. The van der Waals surface area contributed by atoms with Gasteiger partial charge in [-0.2, -0.15) is 0 Å². The molecule has 0 aliphatic carbocycles. The molecule has 3 heteroatoms. The summed E-state index contributed by atoms with van der Waals surface area (Å²) in [6, 6.07) is 15.4. The number of Topliss-reactive ketones (excluding diaryl/α,β-unsaturated/α-hetero) is 1. The van der Waals surface area contributed by atoms with E-state index in [9.17, 15) is 4.79 Å². The maximum atomic E-state index is 11.2. The summed E-state index contributed by atoms with van der Waals surface area (Å²) < 4.78 is 5.73. The Labute approximate surface area is 109 Å². The highest BCUT2D eigenvalue weighted by atomic mass is 31.0. The van der Waals surface area contributed by atoms with Gasteiger partial charge in [-0.15, -0.1) is 9.24 Å². The van der Waals surface area contributed by atoms with Gasteiger partial charge in [0.05, 0.1) is 0 Å². The van der Waals surface area contributed by atoms with Crippen LogP contribution in [-0.4, -0.2) is 5.78 Å². The summed E-state index contributed by atoms with van der Waals surface area (Å²) in [6.07, 6.45) is 0. The molecule has 0 aliphatic heterocycles. The van der Waals surface area contributed by atoms with E-state index in [-0.39, 0.29) is 5.78 Å². The Morgan fingerprint density at radius 2 is 1.89 bits per heavy atom. The predicted octanol–water partition coefficient (Wildman–Crippen LogP) is 2.97. The van der Waals surface area contributed by atoms with E-state index in [1.165, 1.54) is 0 Å². The number of rotatable bonds is 4. The maximum Gasteiger partial charge on any atom is 0.159 e. The van der Waals surface area contributed by atoms with Gasteiger partial charge in [-0.25, -0.2) is 0 Å². The molecule has 2 aromatic carbocycles. The van der Waals surface area contributed by atoms with Crippen LogP contribution in [0.4, 0.5) is 0 Å². The third-order valence-corrected chi connectivity index (χ3v) is 3.10. The highest BCUT2D eigenvalue weighted by Crippen LogP contribution is 2.15. The molecule has 0 fully saturated rings. The second-order valence-electron chi connectivity index (χ2n) is 4.08. The van der Waals surface area contributed by atoms with Crippen molar-refractivity contribution >= 4 is 20.3 Å². The average Bonchev–Trinajstić information content (AvgIpc) is 2.38. The van der Waals surface area contributed by atoms with E-state index in [1.807, 2.05) is 42.5 Å². The van der Waals surface area contributed by atoms with Crippen molar-refractivity contribution in [2.24, 2.45) is 0 Å². The lowest BCUT2D eigenvalue weighted by atomic mass is 10.1. The largest absolute Gasteiger partial charge is 0.488 e. The second kappa shape index (κ2) is 5.79. The lowest BCUT2D eigenvalue weighted by molar-refractivity contribution is 0.101. The number of hydrogen-bond acceptors (Lipinski definition) is 2. The Balaban J connectivity index is 2.08. The van der Waals surface area contributed by atoms with E-state index in [2.05, 4.69) is 9.24 Å². The SMILES string of the molecule is CC(=O)c1ccc(OCc2ccccc2)c(P)c1. The van der Waals surface area contributed by atoms with E-state index < -0.39 is 0 Å². The molecule has 2 rings (SSSR count). The minimum absolute atomic E-state index is 0.0632. The van der Waals surface area contributed by atoms with Gasteiger partial charge in [0.1, 0.15) is 12.4 Å². The van der Waals surface area contributed by atoms with Crippen LogP contribution in [0.2, 0.25) is 0 Å². The zero-order valence-electron chi connectivity index (χ0n) is 10.2. The Bertz CT molecular complexity index is 550. The minimum atomic E-state index is 0.0632. The molecule has 0 bridgehead atoms. The van der Waals surface area contributed by atoms with Crippen LogP contribution < -0.4 is 10.0 Å². The van der Waals surface area contributed by atoms with E-state index in [0.717, 1.165) is 16.6 Å². The van der Waals surface area contributed by atoms with Crippen molar-refractivity contribution in [3.63, 3.8) is 0 Å². The molecule has 0 saturated heterocycles. The summed E-state index contributed by atoms with van der Waals surface area (Å²) in [5.74, 6) is 0.849. The lowest BCUT2D eigenvalue weighted by Gasteiger charge is -2.09. The van der Waals surface area contributed by atoms with Crippen molar-refractivity contribution in [2.75, 3.05) is 0 Å². The predicted molar refractivity (Wildman–Crippen MR) is 76.6 cm³/mol. The smallest absolute Gasteiger partial charge is 0.159 e. The molecule has 0 N–H and O–H groups in total. The Morgan fingerprint density at radius 3 is 2.50 bits per heavy atom. The van der Waals surface area contributed by atoms with Gasteiger partial charge in [-0.3, -0.25) is 4.79 Å². The molecular formula is C15H15O2P. The fourth-order valence-electron chi connectivity index (χ4n) is 1.63. The third-order valence-electron chi connectivity index (χ3n) is 2.65. The second-order valence-corrected chi connectivity index (χ2v) is 4.71. The van der Waals surface area contributed by atoms with Crippen LogP contribution in [0.15, 0.2) is 48.5 Å². The molecule has 0 saturated carbocycles. The van der Waals surface area contributed by atoms with Crippen LogP contribution in [0.3, 0.4) is 0 Å². The average molecular weight is 258 g/mol. The topological polar surface area (TPSA) is 26.3 Å². The van der Waals surface area contributed by atoms with Crippen LogP contribution in [0.25, 0.3) is 0 Å². The fourth-order valence-corrected chi connectivity index (χ4v) is 1.99. The van der Waals surface area contributed by atoms with Crippen molar-refractivity contribution < 1.29 is 9.53 Å². The van der Waals surface area contributed by atoms with Crippen molar-refractivity contribution in [2.45, 2.75) is 13.5 Å². The molecular weight excluding hydrogens is 243 g/mol. The van der Waals surface area contributed by atoms with Crippen molar-refractivity contribution in [3.05, 3.63) is 59.7 Å². The normalized spacial score (nSPS) is 10.1. The number of carbonyl (C=O) groups excluding carboxylic acids is 1. The van der Waals surface area contributed by atoms with Crippen molar-refractivity contribution in [3.8, 4) is 5.75 Å². The van der Waals surface area contributed by atoms with Crippen LogP contribution in [0.1, 0.15) is 22.8 Å². The first-order valence-electron chi connectivity index (χ1n) is 5.74. The standard InChI is InChI=1S/C15H15O2P/c1-11(16)13-7-8-14(15(18)9-13)17-10-12-5-3-2-4-6-12/h2-9H,10,18H2,1H3. The van der Waals surface area contributed by atoms with Gasteiger partial charge in [-0.05, 0) is 30.7 Å². The van der Waals surface area contributed by atoms with Crippen molar-refractivity contribution in [1.29, 1.82) is 0 Å². The Kier molecular flexibility index (Phi) is 4.11. The molecule has 1 unspecified atom stereocenters. The van der Waals surface area contributed by atoms with E-state index in [1.54, 1.807) is 13.0 Å². The van der Waals surface area contributed by atoms with Crippen LogP contribution >= 0.6 is 9.24 Å². The minimum Gasteiger partial charge on any atom is -0.488 e. The van der Waals surface area contributed by atoms with Crippen LogP contribution in [0, 0.1) is 0 Å². The van der Waals surface area contributed by atoms with Gasteiger partial charge in [0.15, 0.2) is 5.78 Å². The van der Waals surface area contributed by atoms with Gasteiger partial charge in [0, 0.05) is 10.9 Å². The van der Waals surface area contributed by atoms with Crippen LogP contribution in [0.5, 0.6) is 5.75 Å². The number of ketones is 1. The number of benzene rings is 2. The van der Waals surface area contributed by atoms with E-state index >= 15 is 0 Å². The van der Waals surface area contributed by atoms with Crippen molar-refractivity contribution in [1.82, 2.24) is 0 Å². The summed E-state index contributed by atoms with van der Waals surface area (Å²) in [5, 5.41) is 0.902. The molecule has 0 radical (unpaired) electrons. The first-order chi connectivity index (χ1) is 8.66. The van der Waals surface area contributed by atoms with Gasteiger partial charge >= 0.3 is 0 Å². The Hall–Kier alpha value is -1.66. The Morgan fingerprint density at radius 1 is 1.17 bits per heavy atom. The van der Waals surface area contributed by atoms with E-state index in [0.29, 0.717) is 12.2 Å².